The third-order valence-electron chi connectivity index (χ3n) is 6.62. The van der Waals surface area contributed by atoms with Crippen molar-refractivity contribution in [1.29, 1.82) is 0 Å². The molecule has 6 nitrogen and oxygen atoms in total. The van der Waals surface area contributed by atoms with Gasteiger partial charge in [-0.3, -0.25) is 4.79 Å². The van der Waals surface area contributed by atoms with E-state index in [4.69, 9.17) is 0 Å². The van der Waals surface area contributed by atoms with Crippen molar-refractivity contribution >= 4 is 33.0 Å². The molecular formula is C25H35N3O3S2. The van der Waals surface area contributed by atoms with E-state index in [1.807, 2.05) is 23.6 Å². The summed E-state index contributed by atoms with van der Waals surface area (Å²) >= 11 is 1.63. The fourth-order valence-corrected chi connectivity index (χ4v) is 7.37. The number of thiophene rings is 1. The highest BCUT2D eigenvalue weighted by Gasteiger charge is 2.31. The SMILES string of the molecule is CCC[C@@H](NC(=O)c1ccc(N2CCCCC2)c(S(=O)(=O)N2CCCCC2)c1)c1cccs1. The summed E-state index contributed by atoms with van der Waals surface area (Å²) in [4.78, 5) is 16.8. The summed E-state index contributed by atoms with van der Waals surface area (Å²) in [5, 5.41) is 5.16. The van der Waals surface area contributed by atoms with Gasteiger partial charge in [-0.25, -0.2) is 8.42 Å². The number of anilines is 1. The third-order valence-corrected chi connectivity index (χ3v) is 9.53. The van der Waals surface area contributed by atoms with Gasteiger partial charge in [0.1, 0.15) is 4.90 Å². The number of amides is 1. The maximum atomic E-state index is 13.7. The van der Waals surface area contributed by atoms with Crippen LogP contribution in [0.5, 0.6) is 0 Å². The van der Waals surface area contributed by atoms with Gasteiger partial charge in [0.25, 0.3) is 5.91 Å². The molecule has 33 heavy (non-hydrogen) atoms. The Kier molecular flexibility index (Phi) is 8.09. The number of nitrogens with one attached hydrogen (secondary N) is 1. The van der Waals surface area contributed by atoms with Crippen LogP contribution in [-0.2, 0) is 10.0 Å². The van der Waals surface area contributed by atoms with E-state index in [-0.39, 0.29) is 16.8 Å². The van der Waals surface area contributed by atoms with E-state index < -0.39 is 10.0 Å². The van der Waals surface area contributed by atoms with Crippen molar-refractivity contribution in [2.24, 2.45) is 0 Å². The van der Waals surface area contributed by atoms with Crippen molar-refractivity contribution in [3.63, 3.8) is 0 Å². The predicted molar refractivity (Wildman–Crippen MR) is 135 cm³/mol. The highest BCUT2D eigenvalue weighted by atomic mass is 32.2. The first-order valence-corrected chi connectivity index (χ1v) is 14.6. The molecule has 1 aromatic carbocycles. The van der Waals surface area contributed by atoms with Gasteiger partial charge in [-0.1, -0.05) is 25.8 Å². The van der Waals surface area contributed by atoms with Gasteiger partial charge in [0.2, 0.25) is 10.0 Å². The summed E-state index contributed by atoms with van der Waals surface area (Å²) in [6.45, 7) is 4.91. The second kappa shape index (κ2) is 11.0. The monoisotopic (exact) mass is 489 g/mol. The van der Waals surface area contributed by atoms with Crippen LogP contribution in [0.4, 0.5) is 5.69 Å². The molecule has 2 aliphatic rings. The quantitative estimate of drug-likeness (QED) is 0.554. The average molecular weight is 490 g/mol. The maximum Gasteiger partial charge on any atom is 0.251 e. The average Bonchev–Trinajstić information content (AvgIpc) is 3.39. The van der Waals surface area contributed by atoms with Gasteiger partial charge in [-0.05, 0) is 68.2 Å². The molecule has 0 aliphatic carbocycles. The molecule has 4 rings (SSSR count). The van der Waals surface area contributed by atoms with E-state index in [1.165, 1.54) is 6.42 Å². The molecule has 1 atom stereocenters. The number of sulfonamides is 1. The first kappa shape index (κ1) is 24.2. The minimum Gasteiger partial charge on any atom is -0.370 e. The van der Waals surface area contributed by atoms with E-state index in [0.29, 0.717) is 18.7 Å². The van der Waals surface area contributed by atoms with Crippen LogP contribution >= 0.6 is 11.3 Å². The van der Waals surface area contributed by atoms with Gasteiger partial charge >= 0.3 is 0 Å². The fourth-order valence-electron chi connectivity index (χ4n) is 4.81. The van der Waals surface area contributed by atoms with E-state index >= 15 is 0 Å². The molecule has 180 valence electrons. The van der Waals surface area contributed by atoms with Crippen molar-refractivity contribution in [2.75, 3.05) is 31.1 Å². The number of rotatable bonds is 8. The van der Waals surface area contributed by atoms with Crippen LogP contribution < -0.4 is 10.2 Å². The number of hydrogen-bond acceptors (Lipinski definition) is 5. The van der Waals surface area contributed by atoms with Crippen LogP contribution in [0.3, 0.4) is 0 Å². The lowest BCUT2D eigenvalue weighted by Gasteiger charge is -2.33. The number of carbonyl (C=O) groups excluding carboxylic acids is 1. The van der Waals surface area contributed by atoms with E-state index in [2.05, 4.69) is 17.1 Å². The summed E-state index contributed by atoms with van der Waals surface area (Å²) in [5.74, 6) is -0.220. The van der Waals surface area contributed by atoms with Crippen LogP contribution in [0.25, 0.3) is 0 Å². The summed E-state index contributed by atoms with van der Waals surface area (Å²) in [6, 6.07) is 9.21. The lowest BCUT2D eigenvalue weighted by molar-refractivity contribution is 0.0935. The maximum absolute atomic E-state index is 13.7. The van der Waals surface area contributed by atoms with E-state index in [1.54, 1.807) is 27.8 Å². The van der Waals surface area contributed by atoms with Gasteiger partial charge in [-0.15, -0.1) is 11.3 Å². The number of carbonyl (C=O) groups is 1. The van der Waals surface area contributed by atoms with Crippen LogP contribution in [0, 0.1) is 0 Å². The second-order valence-corrected chi connectivity index (χ2v) is 11.9. The molecule has 2 aliphatic heterocycles. The smallest absolute Gasteiger partial charge is 0.251 e. The van der Waals surface area contributed by atoms with Gasteiger partial charge in [-0.2, -0.15) is 4.31 Å². The summed E-state index contributed by atoms with van der Waals surface area (Å²) < 4.78 is 29.0. The van der Waals surface area contributed by atoms with Crippen molar-refractivity contribution in [2.45, 2.75) is 69.2 Å². The number of piperidine rings is 2. The zero-order chi connectivity index (χ0) is 23.3. The fraction of sp³-hybridized carbons (Fsp3) is 0.560. The lowest BCUT2D eigenvalue weighted by Crippen LogP contribution is -2.38. The molecule has 0 spiro atoms. The Balaban J connectivity index is 1.66. The van der Waals surface area contributed by atoms with Crippen LogP contribution in [0.2, 0.25) is 0 Å². The molecule has 2 saturated heterocycles. The number of benzene rings is 1. The standard InChI is InChI=1S/C25H35N3O3S2/c1-2-10-21(23-11-9-18-32-23)26-25(29)20-12-13-22(27-14-5-3-6-15-27)24(19-20)33(30,31)28-16-7-4-8-17-28/h9,11-13,18-19,21H,2-8,10,14-17H2,1H3,(H,26,29)/t21-/m1/s1. The Morgan fingerprint density at radius 2 is 1.73 bits per heavy atom. The first-order valence-electron chi connectivity index (χ1n) is 12.2. The predicted octanol–water partition coefficient (Wildman–Crippen LogP) is 5.18. The van der Waals surface area contributed by atoms with Crippen LogP contribution in [0.1, 0.15) is 79.6 Å². The molecule has 1 aromatic heterocycles. The van der Waals surface area contributed by atoms with Gasteiger partial charge in [0, 0.05) is 36.6 Å². The Hall–Kier alpha value is -1.90. The third kappa shape index (κ3) is 5.61. The summed E-state index contributed by atoms with van der Waals surface area (Å²) in [7, 11) is -3.67. The number of hydrogen-bond donors (Lipinski definition) is 1. The summed E-state index contributed by atoms with van der Waals surface area (Å²) in [5.41, 5.74) is 1.14. The molecule has 0 saturated carbocycles. The zero-order valence-corrected chi connectivity index (χ0v) is 21.1. The van der Waals surface area contributed by atoms with Crippen molar-refractivity contribution in [1.82, 2.24) is 9.62 Å². The minimum absolute atomic E-state index is 0.0635. The minimum atomic E-state index is -3.67. The van der Waals surface area contributed by atoms with E-state index in [9.17, 15) is 13.2 Å². The molecular weight excluding hydrogens is 454 g/mol. The highest BCUT2D eigenvalue weighted by Crippen LogP contribution is 2.33. The van der Waals surface area contributed by atoms with Crippen LogP contribution in [-0.4, -0.2) is 44.8 Å². The number of nitrogens with zero attached hydrogens (tertiary/aromatic N) is 2. The molecule has 0 bridgehead atoms. The van der Waals surface area contributed by atoms with Gasteiger partial charge < -0.3 is 10.2 Å². The summed E-state index contributed by atoms with van der Waals surface area (Å²) in [6.07, 6.45) is 7.93. The lowest BCUT2D eigenvalue weighted by atomic mass is 10.1. The Morgan fingerprint density at radius 3 is 2.36 bits per heavy atom. The zero-order valence-electron chi connectivity index (χ0n) is 19.5. The second-order valence-electron chi connectivity index (χ2n) is 9.03. The highest BCUT2D eigenvalue weighted by molar-refractivity contribution is 7.89. The Bertz CT molecular complexity index is 1030. The molecule has 0 radical (unpaired) electrons. The largest absolute Gasteiger partial charge is 0.370 e. The molecule has 1 amide bonds. The van der Waals surface area contributed by atoms with Crippen molar-refractivity contribution in [3.8, 4) is 0 Å². The van der Waals surface area contributed by atoms with E-state index in [0.717, 1.165) is 68.6 Å². The molecule has 2 fully saturated rings. The molecule has 3 heterocycles. The Labute approximate surface area is 202 Å². The molecule has 2 aromatic rings. The molecule has 0 unspecified atom stereocenters. The van der Waals surface area contributed by atoms with Gasteiger partial charge in [0.15, 0.2) is 0 Å². The van der Waals surface area contributed by atoms with Crippen LogP contribution in [0.15, 0.2) is 40.6 Å². The molecule has 8 heteroatoms. The Morgan fingerprint density at radius 1 is 1.03 bits per heavy atom. The first-order chi connectivity index (χ1) is 16.0. The molecule has 1 N–H and O–H groups in total. The van der Waals surface area contributed by atoms with Crippen molar-refractivity contribution < 1.29 is 13.2 Å². The normalized spacial score (nSPS) is 18.8. The van der Waals surface area contributed by atoms with Gasteiger partial charge in [0.05, 0.1) is 11.7 Å². The van der Waals surface area contributed by atoms with Crippen molar-refractivity contribution in [3.05, 3.63) is 46.2 Å². The topological polar surface area (TPSA) is 69.7 Å².